The summed E-state index contributed by atoms with van der Waals surface area (Å²) in [6.07, 6.45) is 1.03. The van der Waals surface area contributed by atoms with Crippen LogP contribution in [0.2, 0.25) is 0 Å². The molecule has 1 heterocycles. The van der Waals surface area contributed by atoms with E-state index in [-0.39, 0.29) is 0 Å². The van der Waals surface area contributed by atoms with Gasteiger partial charge in [-0.2, -0.15) is 4.98 Å². The van der Waals surface area contributed by atoms with Crippen LogP contribution in [0, 0.1) is 0 Å². The molecule has 22 heavy (non-hydrogen) atoms. The minimum atomic E-state index is 0.587. The van der Waals surface area contributed by atoms with Gasteiger partial charge in [-0.25, -0.2) is 0 Å². The summed E-state index contributed by atoms with van der Waals surface area (Å²) in [5.41, 5.74) is 3.40. The molecule has 0 N–H and O–H groups in total. The molecule has 0 spiro atoms. The Labute approximate surface area is 130 Å². The molecule has 112 valence electrons. The number of hydrogen-bond donors (Lipinski definition) is 0. The summed E-state index contributed by atoms with van der Waals surface area (Å²) in [4.78, 5) is 6.56. The lowest BCUT2D eigenvalue weighted by atomic mass is 10.1. The number of aryl methyl sites for hydroxylation is 1. The summed E-state index contributed by atoms with van der Waals surface area (Å²) < 4.78 is 5.36. The SMILES string of the molecule is CCc1ccc(-c2noc(CN(C)c3ccccc3)n2)cc1. The Hall–Kier alpha value is -2.62. The summed E-state index contributed by atoms with van der Waals surface area (Å²) in [6.45, 7) is 2.73. The summed E-state index contributed by atoms with van der Waals surface area (Å²) in [7, 11) is 2.01. The van der Waals surface area contributed by atoms with E-state index in [1.165, 1.54) is 5.56 Å². The fourth-order valence-electron chi connectivity index (χ4n) is 2.30. The van der Waals surface area contributed by atoms with Gasteiger partial charge in [0.15, 0.2) is 0 Å². The Morgan fingerprint density at radius 2 is 1.73 bits per heavy atom. The molecule has 0 amide bonds. The van der Waals surface area contributed by atoms with E-state index in [1.807, 2.05) is 37.4 Å². The molecule has 0 aliphatic rings. The van der Waals surface area contributed by atoms with Crippen molar-refractivity contribution in [3.63, 3.8) is 0 Å². The van der Waals surface area contributed by atoms with Gasteiger partial charge in [-0.15, -0.1) is 0 Å². The van der Waals surface area contributed by atoms with E-state index < -0.39 is 0 Å². The van der Waals surface area contributed by atoms with Gasteiger partial charge in [0.25, 0.3) is 0 Å². The lowest BCUT2D eigenvalue weighted by Gasteiger charge is -2.16. The van der Waals surface area contributed by atoms with Crippen molar-refractivity contribution in [2.75, 3.05) is 11.9 Å². The zero-order valence-corrected chi connectivity index (χ0v) is 12.9. The number of nitrogens with zero attached hydrogens (tertiary/aromatic N) is 3. The van der Waals surface area contributed by atoms with Crippen molar-refractivity contribution in [3.8, 4) is 11.4 Å². The van der Waals surface area contributed by atoms with Crippen LogP contribution in [-0.4, -0.2) is 17.2 Å². The Bertz CT molecular complexity index is 720. The van der Waals surface area contributed by atoms with E-state index in [0.717, 1.165) is 17.7 Å². The first-order valence-corrected chi connectivity index (χ1v) is 7.44. The molecule has 3 rings (SSSR count). The maximum Gasteiger partial charge on any atom is 0.246 e. The standard InChI is InChI=1S/C18H19N3O/c1-3-14-9-11-15(12-10-14)18-19-17(22-20-18)13-21(2)16-7-5-4-6-8-16/h4-12H,3,13H2,1-2H3. The van der Waals surface area contributed by atoms with Gasteiger partial charge in [0.1, 0.15) is 0 Å². The van der Waals surface area contributed by atoms with Crippen molar-refractivity contribution >= 4 is 5.69 Å². The summed E-state index contributed by atoms with van der Waals surface area (Å²) in [5.74, 6) is 1.25. The molecular weight excluding hydrogens is 274 g/mol. The number of rotatable bonds is 5. The van der Waals surface area contributed by atoms with E-state index in [2.05, 4.69) is 46.2 Å². The second-order valence-corrected chi connectivity index (χ2v) is 5.25. The Balaban J connectivity index is 1.73. The van der Waals surface area contributed by atoms with Crippen LogP contribution in [0.15, 0.2) is 59.1 Å². The number of para-hydroxylation sites is 1. The zero-order valence-electron chi connectivity index (χ0n) is 12.9. The largest absolute Gasteiger partial charge is 0.365 e. The monoisotopic (exact) mass is 293 g/mol. The van der Waals surface area contributed by atoms with Gasteiger partial charge in [0, 0.05) is 18.3 Å². The van der Waals surface area contributed by atoms with Crippen LogP contribution in [0.5, 0.6) is 0 Å². The van der Waals surface area contributed by atoms with Crippen LogP contribution in [-0.2, 0) is 13.0 Å². The van der Waals surface area contributed by atoms with Gasteiger partial charge in [-0.3, -0.25) is 0 Å². The van der Waals surface area contributed by atoms with Gasteiger partial charge in [0.2, 0.25) is 11.7 Å². The van der Waals surface area contributed by atoms with Crippen molar-refractivity contribution in [2.24, 2.45) is 0 Å². The highest BCUT2D eigenvalue weighted by atomic mass is 16.5. The third-order valence-corrected chi connectivity index (χ3v) is 3.66. The minimum absolute atomic E-state index is 0.587. The third-order valence-electron chi connectivity index (χ3n) is 3.66. The third kappa shape index (κ3) is 3.17. The predicted molar refractivity (Wildman–Crippen MR) is 87.7 cm³/mol. The molecule has 0 saturated heterocycles. The molecule has 1 aromatic heterocycles. The van der Waals surface area contributed by atoms with E-state index in [1.54, 1.807) is 0 Å². The number of benzene rings is 2. The van der Waals surface area contributed by atoms with Gasteiger partial charge in [0.05, 0.1) is 6.54 Å². The zero-order chi connectivity index (χ0) is 15.4. The van der Waals surface area contributed by atoms with Crippen molar-refractivity contribution < 1.29 is 4.52 Å². The average Bonchev–Trinajstić information content (AvgIpc) is 3.04. The molecule has 3 aromatic rings. The van der Waals surface area contributed by atoms with Crippen LogP contribution in [0.1, 0.15) is 18.4 Å². The molecule has 0 bridgehead atoms. The molecule has 0 unspecified atom stereocenters. The molecule has 0 atom stereocenters. The Morgan fingerprint density at radius 1 is 1.00 bits per heavy atom. The number of anilines is 1. The molecule has 0 radical (unpaired) electrons. The highest BCUT2D eigenvalue weighted by Crippen LogP contribution is 2.19. The lowest BCUT2D eigenvalue weighted by molar-refractivity contribution is 0.378. The molecule has 4 heteroatoms. The molecule has 0 saturated carbocycles. The van der Waals surface area contributed by atoms with Crippen molar-refractivity contribution in [1.29, 1.82) is 0 Å². The van der Waals surface area contributed by atoms with Gasteiger partial charge in [-0.05, 0) is 24.1 Å². The quantitative estimate of drug-likeness (QED) is 0.714. The summed E-state index contributed by atoms with van der Waals surface area (Å²) in [5, 5.41) is 4.08. The van der Waals surface area contributed by atoms with Crippen molar-refractivity contribution in [1.82, 2.24) is 10.1 Å². The first kappa shape index (κ1) is 14.3. The summed E-state index contributed by atoms with van der Waals surface area (Å²) >= 11 is 0. The van der Waals surface area contributed by atoms with E-state index >= 15 is 0 Å². The average molecular weight is 293 g/mol. The van der Waals surface area contributed by atoms with Gasteiger partial charge in [-0.1, -0.05) is 54.5 Å². The molecule has 0 aliphatic carbocycles. The minimum Gasteiger partial charge on any atom is -0.365 e. The number of aromatic nitrogens is 2. The van der Waals surface area contributed by atoms with E-state index in [9.17, 15) is 0 Å². The second-order valence-electron chi connectivity index (χ2n) is 5.25. The van der Waals surface area contributed by atoms with Crippen LogP contribution in [0.4, 0.5) is 5.69 Å². The maximum absolute atomic E-state index is 5.36. The van der Waals surface area contributed by atoms with E-state index in [4.69, 9.17) is 4.52 Å². The first-order valence-electron chi connectivity index (χ1n) is 7.44. The molecule has 0 aliphatic heterocycles. The molecule has 0 fully saturated rings. The Kier molecular flexibility index (Phi) is 4.19. The summed E-state index contributed by atoms with van der Waals surface area (Å²) in [6, 6.07) is 18.4. The predicted octanol–water partition coefficient (Wildman–Crippen LogP) is 3.94. The fraction of sp³-hybridized carbons (Fsp3) is 0.222. The maximum atomic E-state index is 5.36. The van der Waals surface area contributed by atoms with Crippen LogP contribution >= 0.6 is 0 Å². The first-order chi connectivity index (χ1) is 10.8. The lowest BCUT2D eigenvalue weighted by Crippen LogP contribution is -2.16. The highest BCUT2D eigenvalue weighted by molar-refractivity contribution is 5.54. The topological polar surface area (TPSA) is 42.2 Å². The van der Waals surface area contributed by atoms with Gasteiger partial charge < -0.3 is 9.42 Å². The normalized spacial score (nSPS) is 10.6. The van der Waals surface area contributed by atoms with Gasteiger partial charge >= 0.3 is 0 Å². The molecule has 4 nitrogen and oxygen atoms in total. The number of hydrogen-bond acceptors (Lipinski definition) is 4. The van der Waals surface area contributed by atoms with Crippen LogP contribution in [0.3, 0.4) is 0 Å². The van der Waals surface area contributed by atoms with Crippen LogP contribution < -0.4 is 4.90 Å². The van der Waals surface area contributed by atoms with E-state index in [0.29, 0.717) is 18.3 Å². The highest BCUT2D eigenvalue weighted by Gasteiger charge is 2.11. The fourth-order valence-corrected chi connectivity index (χ4v) is 2.30. The van der Waals surface area contributed by atoms with Crippen molar-refractivity contribution in [2.45, 2.75) is 19.9 Å². The van der Waals surface area contributed by atoms with Crippen molar-refractivity contribution in [3.05, 3.63) is 66.1 Å². The smallest absolute Gasteiger partial charge is 0.246 e. The second kappa shape index (κ2) is 6.43. The van der Waals surface area contributed by atoms with Crippen LogP contribution in [0.25, 0.3) is 11.4 Å². The molecule has 2 aromatic carbocycles. The Morgan fingerprint density at radius 3 is 2.41 bits per heavy atom. The molecular formula is C18H19N3O.